The maximum Gasteiger partial charge on any atom is 0.251 e. The Morgan fingerprint density at radius 3 is 2.91 bits per heavy atom. The number of likely N-dealkylation sites (N-methyl/N-ethyl adjacent to an activating group) is 1. The Balaban J connectivity index is 1.70. The number of nitrogens with zero attached hydrogens (tertiary/aromatic N) is 2. The number of nitrogens with one attached hydrogen (secondary N) is 1. The van der Waals surface area contributed by atoms with Gasteiger partial charge in [-0.05, 0) is 43.7 Å². The number of rotatable bonds is 5. The van der Waals surface area contributed by atoms with Crippen molar-refractivity contribution in [2.45, 2.75) is 6.04 Å². The molecule has 0 saturated heterocycles. The van der Waals surface area contributed by atoms with Gasteiger partial charge in [-0.3, -0.25) is 4.79 Å². The van der Waals surface area contributed by atoms with Crippen LogP contribution in [0.25, 0.3) is 10.2 Å². The van der Waals surface area contributed by atoms with Gasteiger partial charge >= 0.3 is 0 Å². The SMILES string of the molecule is CN(C)[C@@H](CNC(=O)c1ccc2ncsc2c1)c1cccs1. The Labute approximate surface area is 137 Å². The van der Waals surface area contributed by atoms with Crippen molar-refractivity contribution in [2.24, 2.45) is 0 Å². The first-order chi connectivity index (χ1) is 10.6. The van der Waals surface area contributed by atoms with Gasteiger partial charge in [0, 0.05) is 17.0 Å². The smallest absolute Gasteiger partial charge is 0.251 e. The second-order valence-electron chi connectivity index (χ2n) is 5.24. The van der Waals surface area contributed by atoms with Crippen LogP contribution in [0.5, 0.6) is 0 Å². The number of benzene rings is 1. The number of carbonyl (C=O) groups excluding carboxylic acids is 1. The fraction of sp³-hybridized carbons (Fsp3) is 0.250. The first-order valence-corrected chi connectivity index (χ1v) is 8.72. The first kappa shape index (κ1) is 15.1. The van der Waals surface area contributed by atoms with E-state index in [9.17, 15) is 4.79 Å². The number of carbonyl (C=O) groups is 1. The summed E-state index contributed by atoms with van der Waals surface area (Å²) >= 11 is 3.26. The average Bonchev–Trinajstić information content (AvgIpc) is 3.17. The number of aromatic nitrogens is 1. The third-order valence-corrected chi connectivity index (χ3v) is 5.31. The van der Waals surface area contributed by atoms with Crippen LogP contribution in [-0.4, -0.2) is 36.4 Å². The summed E-state index contributed by atoms with van der Waals surface area (Å²) in [6.07, 6.45) is 0. The molecule has 0 saturated carbocycles. The zero-order chi connectivity index (χ0) is 15.5. The minimum absolute atomic E-state index is 0.0429. The molecule has 1 N–H and O–H groups in total. The summed E-state index contributed by atoms with van der Waals surface area (Å²) in [6, 6.07) is 9.95. The molecule has 0 aliphatic rings. The normalized spacial score (nSPS) is 12.7. The van der Waals surface area contributed by atoms with E-state index in [2.05, 4.69) is 26.6 Å². The van der Waals surface area contributed by atoms with Crippen molar-refractivity contribution in [1.29, 1.82) is 0 Å². The highest BCUT2D eigenvalue weighted by Gasteiger charge is 2.17. The van der Waals surface area contributed by atoms with Gasteiger partial charge in [0.1, 0.15) is 0 Å². The molecule has 1 amide bonds. The summed E-state index contributed by atoms with van der Waals surface area (Å²) in [5.74, 6) is -0.0429. The first-order valence-electron chi connectivity index (χ1n) is 6.96. The van der Waals surface area contributed by atoms with Crippen molar-refractivity contribution in [3.05, 3.63) is 51.7 Å². The Morgan fingerprint density at radius 2 is 2.18 bits per heavy atom. The lowest BCUT2D eigenvalue weighted by atomic mass is 10.2. The molecule has 6 heteroatoms. The van der Waals surface area contributed by atoms with Crippen LogP contribution in [-0.2, 0) is 0 Å². The standard InChI is InChI=1S/C16H17N3OS2/c1-19(2)13(14-4-3-7-21-14)9-17-16(20)11-5-6-12-15(8-11)22-10-18-12/h3-8,10,13H,9H2,1-2H3,(H,17,20)/t13-/m0/s1. The lowest BCUT2D eigenvalue weighted by Gasteiger charge is -2.23. The van der Waals surface area contributed by atoms with Crippen LogP contribution in [0, 0.1) is 0 Å². The molecule has 22 heavy (non-hydrogen) atoms. The van der Waals surface area contributed by atoms with Crippen molar-refractivity contribution in [1.82, 2.24) is 15.2 Å². The van der Waals surface area contributed by atoms with E-state index in [-0.39, 0.29) is 11.9 Å². The number of thiophene rings is 1. The average molecular weight is 331 g/mol. The van der Waals surface area contributed by atoms with Crippen LogP contribution in [0.2, 0.25) is 0 Å². The van der Waals surface area contributed by atoms with Gasteiger partial charge in [0.25, 0.3) is 5.91 Å². The van der Waals surface area contributed by atoms with Crippen LogP contribution < -0.4 is 5.32 Å². The molecule has 1 atom stereocenters. The highest BCUT2D eigenvalue weighted by molar-refractivity contribution is 7.16. The minimum atomic E-state index is -0.0429. The fourth-order valence-electron chi connectivity index (χ4n) is 2.31. The van der Waals surface area contributed by atoms with Gasteiger partial charge in [0.05, 0.1) is 21.8 Å². The van der Waals surface area contributed by atoms with Gasteiger partial charge in [-0.2, -0.15) is 0 Å². The zero-order valence-electron chi connectivity index (χ0n) is 12.4. The second-order valence-corrected chi connectivity index (χ2v) is 7.11. The molecule has 0 fully saturated rings. The van der Waals surface area contributed by atoms with Crippen LogP contribution in [0.4, 0.5) is 0 Å². The van der Waals surface area contributed by atoms with Gasteiger partial charge < -0.3 is 10.2 Å². The molecule has 2 heterocycles. The maximum atomic E-state index is 12.4. The number of hydrogen-bond donors (Lipinski definition) is 1. The summed E-state index contributed by atoms with van der Waals surface area (Å²) in [6.45, 7) is 0.590. The molecule has 0 bridgehead atoms. The van der Waals surface area contributed by atoms with Crippen molar-refractivity contribution < 1.29 is 4.79 Å². The Bertz CT molecular complexity index is 765. The van der Waals surface area contributed by atoms with Crippen molar-refractivity contribution in [3.63, 3.8) is 0 Å². The summed E-state index contributed by atoms with van der Waals surface area (Å²) < 4.78 is 1.04. The molecular formula is C16H17N3OS2. The highest BCUT2D eigenvalue weighted by Crippen LogP contribution is 2.23. The van der Waals surface area contributed by atoms with Crippen LogP contribution in [0.3, 0.4) is 0 Å². The van der Waals surface area contributed by atoms with E-state index in [0.29, 0.717) is 12.1 Å². The van der Waals surface area contributed by atoms with Crippen molar-refractivity contribution in [2.75, 3.05) is 20.6 Å². The van der Waals surface area contributed by atoms with E-state index in [1.165, 1.54) is 4.88 Å². The van der Waals surface area contributed by atoms with E-state index >= 15 is 0 Å². The van der Waals surface area contributed by atoms with E-state index < -0.39 is 0 Å². The predicted octanol–water partition coefficient (Wildman–Crippen LogP) is 3.39. The van der Waals surface area contributed by atoms with Gasteiger partial charge in [0.15, 0.2) is 0 Å². The highest BCUT2D eigenvalue weighted by atomic mass is 32.1. The molecule has 4 nitrogen and oxygen atoms in total. The predicted molar refractivity (Wildman–Crippen MR) is 92.7 cm³/mol. The zero-order valence-corrected chi connectivity index (χ0v) is 14.1. The Kier molecular flexibility index (Phi) is 4.52. The third-order valence-electron chi connectivity index (χ3n) is 3.54. The monoisotopic (exact) mass is 331 g/mol. The summed E-state index contributed by atoms with van der Waals surface area (Å²) in [5.41, 5.74) is 3.41. The van der Waals surface area contributed by atoms with Crippen LogP contribution in [0.1, 0.15) is 21.3 Å². The number of amides is 1. The second kappa shape index (κ2) is 6.56. The number of hydrogen-bond acceptors (Lipinski definition) is 5. The van der Waals surface area contributed by atoms with Gasteiger partial charge in [-0.25, -0.2) is 4.98 Å². The van der Waals surface area contributed by atoms with Gasteiger partial charge in [-0.15, -0.1) is 22.7 Å². The van der Waals surface area contributed by atoms with Gasteiger partial charge in [-0.1, -0.05) is 6.07 Å². The molecule has 0 aliphatic carbocycles. The molecule has 0 spiro atoms. The lowest BCUT2D eigenvalue weighted by Crippen LogP contribution is -2.34. The maximum absolute atomic E-state index is 12.4. The quantitative estimate of drug-likeness (QED) is 0.779. The lowest BCUT2D eigenvalue weighted by molar-refractivity contribution is 0.0942. The molecule has 1 aromatic carbocycles. The van der Waals surface area contributed by atoms with Crippen LogP contribution >= 0.6 is 22.7 Å². The molecule has 3 aromatic rings. The summed E-state index contributed by atoms with van der Waals surface area (Å²) in [7, 11) is 4.06. The van der Waals surface area contributed by atoms with Crippen molar-refractivity contribution >= 4 is 38.8 Å². The number of fused-ring (bicyclic) bond motifs is 1. The molecule has 114 valence electrons. The molecule has 2 aromatic heterocycles. The minimum Gasteiger partial charge on any atom is -0.350 e. The fourth-order valence-corrected chi connectivity index (χ4v) is 3.95. The summed E-state index contributed by atoms with van der Waals surface area (Å²) in [4.78, 5) is 20.0. The Hall–Kier alpha value is -1.76. The van der Waals surface area contributed by atoms with Crippen molar-refractivity contribution in [3.8, 4) is 0 Å². The molecule has 0 radical (unpaired) electrons. The van der Waals surface area contributed by atoms with Gasteiger partial charge in [0.2, 0.25) is 0 Å². The molecule has 0 aliphatic heterocycles. The van der Waals surface area contributed by atoms with E-state index in [1.54, 1.807) is 28.2 Å². The summed E-state index contributed by atoms with van der Waals surface area (Å²) in [5, 5.41) is 5.10. The van der Waals surface area contributed by atoms with E-state index in [1.807, 2.05) is 38.4 Å². The van der Waals surface area contributed by atoms with E-state index in [4.69, 9.17) is 0 Å². The van der Waals surface area contributed by atoms with Crippen LogP contribution in [0.15, 0.2) is 41.2 Å². The molecule has 0 unspecified atom stereocenters. The molecular weight excluding hydrogens is 314 g/mol. The molecule has 3 rings (SSSR count). The largest absolute Gasteiger partial charge is 0.350 e. The third kappa shape index (κ3) is 3.19. The van der Waals surface area contributed by atoms with E-state index in [0.717, 1.165) is 10.2 Å². The topological polar surface area (TPSA) is 45.2 Å². The Morgan fingerprint density at radius 1 is 1.32 bits per heavy atom. The number of thiazole rings is 1.